The van der Waals surface area contributed by atoms with Crippen molar-refractivity contribution in [1.82, 2.24) is 10.2 Å². The van der Waals surface area contributed by atoms with Gasteiger partial charge in [-0.2, -0.15) is 0 Å². The maximum absolute atomic E-state index is 13.0. The van der Waals surface area contributed by atoms with Crippen LogP contribution in [-0.2, 0) is 16.1 Å². The van der Waals surface area contributed by atoms with Crippen LogP contribution in [0.4, 0.5) is 0 Å². The molecule has 2 rings (SSSR count). The fraction of sp³-hybridized carbons (Fsp3) is 0.417. The number of ether oxygens (including phenoxy) is 1. The highest BCUT2D eigenvalue weighted by Crippen LogP contribution is 2.19. The van der Waals surface area contributed by atoms with E-state index in [2.05, 4.69) is 5.32 Å². The maximum Gasteiger partial charge on any atom is 0.261 e. The fourth-order valence-electron chi connectivity index (χ4n) is 2.96. The molecule has 0 aliphatic heterocycles. The summed E-state index contributed by atoms with van der Waals surface area (Å²) in [4.78, 5) is 27.2. The van der Waals surface area contributed by atoms with Gasteiger partial charge >= 0.3 is 0 Å². The number of benzene rings is 2. The monoisotopic (exact) mass is 396 g/mol. The molecule has 1 atom stereocenters. The zero-order valence-corrected chi connectivity index (χ0v) is 18.3. The van der Waals surface area contributed by atoms with Crippen molar-refractivity contribution in [2.45, 2.75) is 60.2 Å². The van der Waals surface area contributed by atoms with Gasteiger partial charge in [0.1, 0.15) is 11.8 Å². The van der Waals surface area contributed by atoms with E-state index in [0.717, 1.165) is 22.3 Å². The van der Waals surface area contributed by atoms with Gasteiger partial charge in [0.25, 0.3) is 5.91 Å². The van der Waals surface area contributed by atoms with Gasteiger partial charge in [-0.25, -0.2) is 0 Å². The summed E-state index contributed by atoms with van der Waals surface area (Å²) >= 11 is 0. The minimum absolute atomic E-state index is 0.00692. The summed E-state index contributed by atoms with van der Waals surface area (Å²) in [7, 11) is 0. The highest BCUT2D eigenvalue weighted by Gasteiger charge is 2.27. The Morgan fingerprint density at radius 3 is 2.21 bits per heavy atom. The van der Waals surface area contributed by atoms with Crippen LogP contribution in [0.3, 0.4) is 0 Å². The Morgan fingerprint density at radius 2 is 1.59 bits per heavy atom. The first-order valence-electron chi connectivity index (χ1n) is 10.0. The van der Waals surface area contributed by atoms with Gasteiger partial charge in [0.2, 0.25) is 5.91 Å². The van der Waals surface area contributed by atoms with Crippen molar-refractivity contribution >= 4 is 11.8 Å². The van der Waals surface area contributed by atoms with E-state index in [1.165, 1.54) is 0 Å². The summed E-state index contributed by atoms with van der Waals surface area (Å²) in [6.45, 7) is 11.7. The second-order valence-electron chi connectivity index (χ2n) is 7.90. The molecule has 2 aromatic carbocycles. The molecule has 5 nitrogen and oxygen atoms in total. The van der Waals surface area contributed by atoms with Crippen molar-refractivity contribution in [2.24, 2.45) is 0 Å². The average molecular weight is 397 g/mol. The van der Waals surface area contributed by atoms with Crippen molar-refractivity contribution < 1.29 is 14.3 Å². The number of hydrogen-bond donors (Lipinski definition) is 1. The molecular formula is C24H32N2O3. The maximum atomic E-state index is 13.0. The second-order valence-corrected chi connectivity index (χ2v) is 7.90. The van der Waals surface area contributed by atoms with Crippen LogP contribution in [0.2, 0.25) is 0 Å². The molecule has 2 amide bonds. The van der Waals surface area contributed by atoms with E-state index < -0.39 is 6.04 Å². The molecule has 1 unspecified atom stereocenters. The number of rotatable bonds is 8. The molecule has 0 heterocycles. The highest BCUT2D eigenvalue weighted by atomic mass is 16.5. The zero-order valence-electron chi connectivity index (χ0n) is 18.3. The van der Waals surface area contributed by atoms with Crippen molar-refractivity contribution in [2.75, 3.05) is 6.61 Å². The van der Waals surface area contributed by atoms with Gasteiger partial charge in [-0.1, -0.05) is 42.0 Å². The van der Waals surface area contributed by atoms with Crippen LogP contribution in [0.15, 0.2) is 42.5 Å². The van der Waals surface area contributed by atoms with E-state index in [1.807, 2.05) is 77.1 Å². The van der Waals surface area contributed by atoms with Gasteiger partial charge in [0.05, 0.1) is 0 Å². The lowest BCUT2D eigenvalue weighted by Gasteiger charge is -2.29. The number of nitrogens with one attached hydrogen (secondary N) is 1. The van der Waals surface area contributed by atoms with Crippen molar-refractivity contribution in [3.8, 4) is 5.75 Å². The SMILES string of the molecule is Cc1ccc(CN(C(=O)COc2cc(C)ccc2C)C(C)C(=O)NC(C)C)cc1. The molecule has 1 N–H and O–H groups in total. The molecule has 0 saturated carbocycles. The first-order chi connectivity index (χ1) is 13.7. The van der Waals surface area contributed by atoms with Gasteiger partial charge in [-0.3, -0.25) is 9.59 Å². The van der Waals surface area contributed by atoms with Crippen molar-refractivity contribution in [3.05, 3.63) is 64.7 Å². The average Bonchev–Trinajstić information content (AvgIpc) is 2.67. The van der Waals surface area contributed by atoms with Crippen LogP contribution in [0.5, 0.6) is 5.75 Å². The Bertz CT molecular complexity index is 844. The third-order valence-corrected chi connectivity index (χ3v) is 4.77. The first-order valence-corrected chi connectivity index (χ1v) is 10.0. The Balaban J connectivity index is 2.17. The summed E-state index contributed by atoms with van der Waals surface area (Å²) < 4.78 is 5.81. The molecule has 29 heavy (non-hydrogen) atoms. The molecular weight excluding hydrogens is 364 g/mol. The predicted molar refractivity (Wildman–Crippen MR) is 116 cm³/mol. The van der Waals surface area contributed by atoms with Crippen molar-refractivity contribution in [1.29, 1.82) is 0 Å². The Labute approximate surface area is 174 Å². The van der Waals surface area contributed by atoms with Crippen LogP contribution in [0.1, 0.15) is 43.0 Å². The molecule has 0 bridgehead atoms. The molecule has 0 aromatic heterocycles. The zero-order chi connectivity index (χ0) is 21.6. The molecule has 5 heteroatoms. The number of carbonyl (C=O) groups is 2. The molecule has 2 aromatic rings. The summed E-state index contributed by atoms with van der Waals surface area (Å²) in [6.07, 6.45) is 0. The summed E-state index contributed by atoms with van der Waals surface area (Å²) in [5, 5.41) is 2.89. The van der Waals surface area contributed by atoms with Crippen molar-refractivity contribution in [3.63, 3.8) is 0 Å². The predicted octanol–water partition coefficient (Wildman–Crippen LogP) is 3.93. The second kappa shape index (κ2) is 10.1. The molecule has 0 fully saturated rings. The van der Waals surface area contributed by atoms with Crippen LogP contribution in [0.25, 0.3) is 0 Å². The number of nitrogens with zero attached hydrogens (tertiary/aromatic N) is 1. The van der Waals surface area contributed by atoms with Gasteiger partial charge in [-0.15, -0.1) is 0 Å². The van der Waals surface area contributed by atoms with E-state index in [9.17, 15) is 9.59 Å². The lowest BCUT2D eigenvalue weighted by atomic mass is 10.1. The minimum atomic E-state index is -0.603. The van der Waals surface area contributed by atoms with E-state index in [-0.39, 0.29) is 24.5 Å². The number of hydrogen-bond acceptors (Lipinski definition) is 3. The molecule has 0 aliphatic rings. The van der Waals surface area contributed by atoms with Gasteiger partial charge in [-0.05, 0) is 64.3 Å². The topological polar surface area (TPSA) is 58.6 Å². The van der Waals surface area contributed by atoms with Crippen LogP contribution in [0, 0.1) is 20.8 Å². The molecule has 0 aliphatic carbocycles. The van der Waals surface area contributed by atoms with Gasteiger partial charge in [0, 0.05) is 12.6 Å². The lowest BCUT2D eigenvalue weighted by Crippen LogP contribution is -2.50. The smallest absolute Gasteiger partial charge is 0.261 e. The summed E-state index contributed by atoms with van der Waals surface area (Å²) in [5.41, 5.74) is 4.16. The summed E-state index contributed by atoms with van der Waals surface area (Å²) in [5.74, 6) is 0.290. The molecule has 0 saturated heterocycles. The summed E-state index contributed by atoms with van der Waals surface area (Å²) in [6, 6.07) is 13.3. The Morgan fingerprint density at radius 1 is 0.966 bits per heavy atom. The van der Waals surface area contributed by atoms with Gasteiger partial charge < -0.3 is 15.0 Å². The number of carbonyl (C=O) groups excluding carboxylic acids is 2. The van der Waals surface area contributed by atoms with Gasteiger partial charge in [0.15, 0.2) is 6.61 Å². The third-order valence-electron chi connectivity index (χ3n) is 4.77. The normalized spacial score (nSPS) is 11.8. The largest absolute Gasteiger partial charge is 0.483 e. The molecule has 0 spiro atoms. The number of amides is 2. The Hall–Kier alpha value is -2.82. The quantitative estimate of drug-likeness (QED) is 0.735. The molecule has 0 radical (unpaired) electrons. The first kappa shape index (κ1) is 22.5. The minimum Gasteiger partial charge on any atom is -0.483 e. The van der Waals surface area contributed by atoms with E-state index >= 15 is 0 Å². The fourth-order valence-corrected chi connectivity index (χ4v) is 2.96. The van der Waals surface area contributed by atoms with E-state index in [4.69, 9.17) is 4.74 Å². The highest BCUT2D eigenvalue weighted by molar-refractivity contribution is 5.88. The number of aryl methyl sites for hydroxylation is 3. The molecule has 156 valence electrons. The standard InChI is InChI=1S/C24H32N2O3/c1-16(2)25-24(28)20(6)26(14-21-11-8-17(3)9-12-21)23(27)15-29-22-13-18(4)7-10-19(22)5/h7-13,16,20H,14-15H2,1-6H3,(H,25,28). The van der Waals surface area contributed by atoms with E-state index in [1.54, 1.807) is 11.8 Å². The van der Waals surface area contributed by atoms with Crippen LogP contribution in [-0.4, -0.2) is 35.4 Å². The Kier molecular flexibility index (Phi) is 7.82. The lowest BCUT2D eigenvalue weighted by molar-refractivity contribution is -0.142. The van der Waals surface area contributed by atoms with E-state index in [0.29, 0.717) is 12.3 Å². The third kappa shape index (κ3) is 6.63. The van der Waals surface area contributed by atoms with Crippen LogP contribution >= 0.6 is 0 Å². The van der Waals surface area contributed by atoms with Crippen LogP contribution < -0.4 is 10.1 Å².